The maximum Gasteiger partial charge on any atom is 0.257 e. The number of nitrogens with zero attached hydrogens (tertiary/aromatic N) is 1. The number of benzene rings is 1. The molecule has 0 aliphatic heterocycles. The molecule has 0 saturated heterocycles. The normalized spacial score (nSPS) is 10.6. The number of hydrogen-bond donors (Lipinski definition) is 1. The summed E-state index contributed by atoms with van der Waals surface area (Å²) in [5, 5.41) is 5.25. The molecule has 0 atom stereocenters. The zero-order chi connectivity index (χ0) is 15.5. The third kappa shape index (κ3) is 3.09. The summed E-state index contributed by atoms with van der Waals surface area (Å²) < 4.78 is 5.53. The van der Waals surface area contributed by atoms with E-state index in [9.17, 15) is 4.79 Å². The molecule has 0 radical (unpaired) electrons. The predicted molar refractivity (Wildman–Crippen MR) is 88.3 cm³/mol. The highest BCUT2D eigenvalue weighted by Crippen LogP contribution is 2.26. The molecule has 0 aliphatic carbocycles. The fourth-order valence-electron chi connectivity index (χ4n) is 2.08. The van der Waals surface area contributed by atoms with Crippen LogP contribution in [0.1, 0.15) is 28.6 Å². The first-order chi connectivity index (χ1) is 10.7. The summed E-state index contributed by atoms with van der Waals surface area (Å²) in [6.07, 6.45) is 0.959. The molecule has 2 heterocycles. The van der Waals surface area contributed by atoms with Crippen LogP contribution < -0.4 is 5.32 Å². The molecule has 3 aromatic rings. The molecule has 0 unspecified atom stereocenters. The summed E-state index contributed by atoms with van der Waals surface area (Å²) in [7, 11) is 0. The highest BCUT2D eigenvalue weighted by Gasteiger charge is 2.11. The number of rotatable bonds is 4. The number of anilines is 1. The van der Waals surface area contributed by atoms with Crippen LogP contribution in [0.3, 0.4) is 0 Å². The lowest BCUT2D eigenvalue weighted by Crippen LogP contribution is -2.11. The number of carbonyl (C=O) groups excluding carboxylic acids is 1. The van der Waals surface area contributed by atoms with Crippen LogP contribution in [-0.4, -0.2) is 10.9 Å². The second-order valence-corrected chi connectivity index (χ2v) is 5.81. The van der Waals surface area contributed by atoms with Gasteiger partial charge in [0.1, 0.15) is 11.5 Å². The van der Waals surface area contributed by atoms with Gasteiger partial charge in [0.2, 0.25) is 0 Å². The summed E-state index contributed by atoms with van der Waals surface area (Å²) >= 11 is 1.38. The minimum absolute atomic E-state index is 0.154. The zero-order valence-corrected chi connectivity index (χ0v) is 13.2. The first kappa shape index (κ1) is 14.5. The van der Waals surface area contributed by atoms with Crippen molar-refractivity contribution in [3.05, 3.63) is 58.7 Å². The summed E-state index contributed by atoms with van der Waals surface area (Å²) in [6, 6.07) is 11.4. The second-order valence-electron chi connectivity index (χ2n) is 4.95. The third-order valence-corrected chi connectivity index (χ3v) is 4.10. The van der Waals surface area contributed by atoms with Gasteiger partial charge in [-0.2, -0.15) is 0 Å². The summed E-state index contributed by atoms with van der Waals surface area (Å²) in [5.74, 6) is 1.39. The van der Waals surface area contributed by atoms with Crippen molar-refractivity contribution >= 4 is 22.4 Å². The summed E-state index contributed by atoms with van der Waals surface area (Å²) in [5.41, 5.74) is 2.57. The van der Waals surface area contributed by atoms with E-state index in [-0.39, 0.29) is 5.91 Å². The Morgan fingerprint density at radius 3 is 2.64 bits per heavy atom. The predicted octanol–water partition coefficient (Wildman–Crippen LogP) is 4.53. The third-order valence-electron chi connectivity index (χ3n) is 3.34. The van der Waals surface area contributed by atoms with Crippen molar-refractivity contribution in [2.24, 2.45) is 0 Å². The van der Waals surface area contributed by atoms with E-state index in [1.54, 1.807) is 0 Å². The van der Waals surface area contributed by atoms with Gasteiger partial charge in [0.15, 0.2) is 10.9 Å². The molecule has 0 spiro atoms. The molecular formula is C17H16N2O2S. The number of amides is 1. The smallest absolute Gasteiger partial charge is 0.257 e. The van der Waals surface area contributed by atoms with Gasteiger partial charge in [0.25, 0.3) is 5.91 Å². The molecule has 0 fully saturated rings. The molecule has 1 aromatic carbocycles. The Balaban J connectivity index is 1.72. The molecule has 22 heavy (non-hydrogen) atoms. The maximum atomic E-state index is 12.2. The van der Waals surface area contributed by atoms with Crippen LogP contribution in [0.5, 0.6) is 0 Å². The molecular weight excluding hydrogens is 296 g/mol. The van der Waals surface area contributed by atoms with Crippen LogP contribution in [0.2, 0.25) is 0 Å². The van der Waals surface area contributed by atoms with Crippen LogP contribution >= 0.6 is 11.3 Å². The standard InChI is InChI=1S/C17H16N2O2S/c1-3-12-5-7-13(8-6-12)16(20)19-17-18-14(10-22-17)15-9-4-11(2)21-15/h4-10H,3H2,1-2H3,(H,18,19,20). The number of thiazole rings is 1. The molecule has 3 rings (SSSR count). The lowest BCUT2D eigenvalue weighted by Gasteiger charge is -2.02. The quantitative estimate of drug-likeness (QED) is 0.770. The number of hydrogen-bond acceptors (Lipinski definition) is 4. The average Bonchev–Trinajstić information content (AvgIpc) is 3.16. The van der Waals surface area contributed by atoms with Crippen molar-refractivity contribution in [3.63, 3.8) is 0 Å². The van der Waals surface area contributed by atoms with Crippen LogP contribution in [0.15, 0.2) is 46.2 Å². The zero-order valence-electron chi connectivity index (χ0n) is 12.4. The van der Waals surface area contributed by atoms with Crippen molar-refractivity contribution in [3.8, 4) is 11.5 Å². The summed E-state index contributed by atoms with van der Waals surface area (Å²) in [4.78, 5) is 16.6. The van der Waals surface area contributed by atoms with Crippen molar-refractivity contribution in [2.45, 2.75) is 20.3 Å². The van der Waals surface area contributed by atoms with Crippen LogP contribution in [0.25, 0.3) is 11.5 Å². The van der Waals surface area contributed by atoms with E-state index < -0.39 is 0 Å². The Morgan fingerprint density at radius 2 is 2.00 bits per heavy atom. The first-order valence-electron chi connectivity index (χ1n) is 7.08. The second kappa shape index (κ2) is 6.15. The molecule has 1 amide bonds. The van der Waals surface area contributed by atoms with Crippen LogP contribution in [-0.2, 0) is 6.42 Å². The molecule has 4 nitrogen and oxygen atoms in total. The van der Waals surface area contributed by atoms with Gasteiger partial charge in [-0.15, -0.1) is 11.3 Å². The highest BCUT2D eigenvalue weighted by molar-refractivity contribution is 7.14. The highest BCUT2D eigenvalue weighted by atomic mass is 32.1. The molecule has 0 saturated carbocycles. The lowest BCUT2D eigenvalue weighted by molar-refractivity contribution is 0.102. The average molecular weight is 312 g/mol. The Bertz CT molecular complexity index is 787. The van der Waals surface area contributed by atoms with E-state index in [0.29, 0.717) is 16.5 Å². The Labute approximate surface area is 132 Å². The van der Waals surface area contributed by atoms with Crippen molar-refractivity contribution < 1.29 is 9.21 Å². The maximum absolute atomic E-state index is 12.2. The van der Waals surface area contributed by atoms with Gasteiger partial charge < -0.3 is 4.42 Å². The van der Waals surface area contributed by atoms with Gasteiger partial charge >= 0.3 is 0 Å². The fourth-order valence-corrected chi connectivity index (χ4v) is 2.77. The van der Waals surface area contributed by atoms with Gasteiger partial charge in [0.05, 0.1) is 0 Å². The molecule has 1 N–H and O–H groups in total. The minimum Gasteiger partial charge on any atom is -0.460 e. The van der Waals surface area contributed by atoms with E-state index in [1.807, 2.05) is 48.7 Å². The number of carbonyl (C=O) groups is 1. The van der Waals surface area contributed by atoms with E-state index in [4.69, 9.17) is 4.42 Å². The summed E-state index contributed by atoms with van der Waals surface area (Å²) in [6.45, 7) is 3.97. The monoisotopic (exact) mass is 312 g/mol. The molecule has 2 aromatic heterocycles. The topological polar surface area (TPSA) is 55.1 Å². The molecule has 5 heteroatoms. The van der Waals surface area contributed by atoms with Gasteiger partial charge in [-0.1, -0.05) is 19.1 Å². The molecule has 0 bridgehead atoms. The van der Waals surface area contributed by atoms with E-state index in [1.165, 1.54) is 16.9 Å². The molecule has 112 valence electrons. The minimum atomic E-state index is -0.154. The number of nitrogens with one attached hydrogen (secondary N) is 1. The van der Waals surface area contributed by atoms with Crippen molar-refractivity contribution in [1.82, 2.24) is 4.98 Å². The lowest BCUT2D eigenvalue weighted by atomic mass is 10.1. The van der Waals surface area contributed by atoms with E-state index in [2.05, 4.69) is 17.2 Å². The Kier molecular flexibility index (Phi) is 4.06. The first-order valence-corrected chi connectivity index (χ1v) is 7.96. The Hall–Kier alpha value is -2.40. The van der Waals surface area contributed by atoms with Gasteiger partial charge in [0, 0.05) is 10.9 Å². The largest absolute Gasteiger partial charge is 0.460 e. The number of aromatic nitrogens is 1. The van der Waals surface area contributed by atoms with E-state index in [0.717, 1.165) is 17.9 Å². The molecule has 0 aliphatic rings. The van der Waals surface area contributed by atoms with E-state index >= 15 is 0 Å². The van der Waals surface area contributed by atoms with Gasteiger partial charge in [-0.25, -0.2) is 4.98 Å². The van der Waals surface area contributed by atoms with Crippen molar-refractivity contribution in [1.29, 1.82) is 0 Å². The number of furan rings is 1. The number of aryl methyl sites for hydroxylation is 2. The SMILES string of the molecule is CCc1ccc(C(=O)Nc2nc(-c3ccc(C)o3)cs2)cc1. The Morgan fingerprint density at radius 1 is 1.23 bits per heavy atom. The van der Waals surface area contributed by atoms with Gasteiger partial charge in [-0.3, -0.25) is 10.1 Å². The van der Waals surface area contributed by atoms with Crippen LogP contribution in [0, 0.1) is 6.92 Å². The van der Waals surface area contributed by atoms with Crippen LogP contribution in [0.4, 0.5) is 5.13 Å². The van der Waals surface area contributed by atoms with Gasteiger partial charge in [-0.05, 0) is 43.2 Å². The van der Waals surface area contributed by atoms with Crippen molar-refractivity contribution in [2.75, 3.05) is 5.32 Å². The fraction of sp³-hybridized carbons (Fsp3) is 0.176.